The summed E-state index contributed by atoms with van der Waals surface area (Å²) in [5.74, 6) is -0.855. The van der Waals surface area contributed by atoms with E-state index in [0.717, 1.165) is 29.5 Å². The summed E-state index contributed by atoms with van der Waals surface area (Å²) in [7, 11) is -2.35. The summed E-state index contributed by atoms with van der Waals surface area (Å²) >= 11 is 1.22. The Morgan fingerprint density at radius 3 is 2.20 bits per heavy atom. The van der Waals surface area contributed by atoms with Gasteiger partial charge in [-0.25, -0.2) is 9.78 Å². The molecule has 1 unspecified atom stereocenters. The van der Waals surface area contributed by atoms with Gasteiger partial charge in [-0.05, 0) is 47.6 Å². The van der Waals surface area contributed by atoms with E-state index < -0.39 is 27.5 Å². The molecule has 0 saturated heterocycles. The number of benzene rings is 3. The van der Waals surface area contributed by atoms with Crippen molar-refractivity contribution in [3.05, 3.63) is 124 Å². The van der Waals surface area contributed by atoms with Gasteiger partial charge in [0, 0.05) is 31.2 Å². The Bertz CT molecular complexity index is 1640. The Morgan fingerprint density at radius 2 is 1.63 bits per heavy atom. The highest BCUT2D eigenvalue weighted by Gasteiger charge is 2.52. The molecule has 2 heterocycles. The lowest BCUT2D eigenvalue weighted by Gasteiger charge is -2.29. The molecule has 41 heavy (non-hydrogen) atoms. The van der Waals surface area contributed by atoms with Crippen LogP contribution >= 0.6 is 11.3 Å². The SMILES string of the molecule is CN(c1cccc(C(C2=C(O)C(Cc3ccccc3)(Cc3ccccc3)OC2=O)C2CC2)c1)S(=O)(=O)c1cscn1. The molecule has 3 aromatic carbocycles. The predicted molar refractivity (Wildman–Crippen MR) is 158 cm³/mol. The van der Waals surface area contributed by atoms with Crippen molar-refractivity contribution in [2.24, 2.45) is 5.92 Å². The summed E-state index contributed by atoms with van der Waals surface area (Å²) in [5, 5.41) is 13.4. The number of cyclic esters (lactones) is 1. The summed E-state index contributed by atoms with van der Waals surface area (Å²) in [4.78, 5) is 17.7. The van der Waals surface area contributed by atoms with Gasteiger partial charge in [0.1, 0.15) is 5.76 Å². The third-order valence-electron chi connectivity index (χ3n) is 7.89. The molecule has 1 N–H and O–H groups in total. The maximum atomic E-state index is 13.7. The van der Waals surface area contributed by atoms with Crippen LogP contribution in [-0.4, -0.2) is 37.1 Å². The summed E-state index contributed by atoms with van der Waals surface area (Å²) in [5.41, 5.74) is 3.61. The number of carbonyl (C=O) groups is 1. The first-order chi connectivity index (χ1) is 19.8. The van der Waals surface area contributed by atoms with Crippen molar-refractivity contribution < 1.29 is 23.1 Å². The number of aliphatic hydroxyl groups is 1. The first kappa shape index (κ1) is 27.2. The molecule has 6 rings (SSSR count). The Kier molecular flexibility index (Phi) is 7.17. The van der Waals surface area contributed by atoms with Crippen LogP contribution in [0.3, 0.4) is 0 Å². The molecule has 210 valence electrons. The van der Waals surface area contributed by atoms with E-state index in [9.17, 15) is 18.3 Å². The third-order valence-corrected chi connectivity index (χ3v) is 10.3. The van der Waals surface area contributed by atoms with Gasteiger partial charge in [0.05, 0.1) is 16.8 Å². The van der Waals surface area contributed by atoms with Crippen molar-refractivity contribution >= 4 is 33.0 Å². The van der Waals surface area contributed by atoms with Crippen molar-refractivity contribution in [1.82, 2.24) is 4.98 Å². The van der Waals surface area contributed by atoms with E-state index in [1.54, 1.807) is 18.2 Å². The number of nitrogens with zero attached hydrogens (tertiary/aromatic N) is 2. The molecule has 1 atom stereocenters. The van der Waals surface area contributed by atoms with E-state index in [-0.39, 0.29) is 22.3 Å². The van der Waals surface area contributed by atoms with Crippen molar-refractivity contribution in [3.63, 3.8) is 0 Å². The molecule has 0 amide bonds. The number of rotatable bonds is 10. The van der Waals surface area contributed by atoms with E-state index in [0.29, 0.717) is 18.5 Å². The van der Waals surface area contributed by atoms with Crippen LogP contribution in [0.2, 0.25) is 0 Å². The molecule has 1 aromatic heterocycles. The molecule has 1 aliphatic carbocycles. The second-order valence-electron chi connectivity index (χ2n) is 10.7. The first-order valence-corrected chi connectivity index (χ1v) is 15.9. The molecule has 0 radical (unpaired) electrons. The standard InChI is InChI=1S/C32H30N2O5S2/c1-34(41(37,38)27-20-40-21-33-27)26-14-8-13-25(17-26)28(24-15-16-24)29-30(35)32(39-31(29)36,18-22-9-4-2-5-10-22)19-23-11-6-3-7-12-23/h2-14,17,20-21,24,28,35H,15-16,18-19H2,1H3. The van der Waals surface area contributed by atoms with Gasteiger partial charge in [-0.2, -0.15) is 8.42 Å². The number of aromatic nitrogens is 1. The Labute approximate surface area is 243 Å². The molecule has 2 aliphatic rings. The molecule has 7 nitrogen and oxygen atoms in total. The maximum absolute atomic E-state index is 13.7. The van der Waals surface area contributed by atoms with Crippen molar-refractivity contribution in [1.29, 1.82) is 0 Å². The second kappa shape index (κ2) is 10.8. The molecule has 4 aromatic rings. The number of thiazole rings is 1. The Morgan fingerprint density at radius 1 is 1.00 bits per heavy atom. The van der Waals surface area contributed by atoms with Crippen LogP contribution in [0.15, 0.2) is 112 Å². The van der Waals surface area contributed by atoms with E-state index in [2.05, 4.69) is 4.98 Å². The van der Waals surface area contributed by atoms with E-state index >= 15 is 0 Å². The highest BCUT2D eigenvalue weighted by atomic mass is 32.2. The van der Waals surface area contributed by atoms with Crippen LogP contribution in [0, 0.1) is 5.92 Å². The number of ether oxygens (including phenoxy) is 1. The quantitative estimate of drug-likeness (QED) is 0.227. The van der Waals surface area contributed by atoms with Crippen LogP contribution in [0.1, 0.15) is 35.4 Å². The Hall–Kier alpha value is -3.95. The minimum atomic E-state index is -3.84. The van der Waals surface area contributed by atoms with Crippen LogP contribution in [0.4, 0.5) is 5.69 Å². The molecule has 0 bridgehead atoms. The van der Waals surface area contributed by atoms with Gasteiger partial charge >= 0.3 is 5.97 Å². The zero-order chi connectivity index (χ0) is 28.6. The minimum absolute atomic E-state index is 0.0134. The molecule has 1 fully saturated rings. The van der Waals surface area contributed by atoms with Gasteiger partial charge in [-0.1, -0.05) is 72.8 Å². The first-order valence-electron chi connectivity index (χ1n) is 13.5. The lowest BCUT2D eigenvalue weighted by Crippen LogP contribution is -2.37. The van der Waals surface area contributed by atoms with Gasteiger partial charge in [0.15, 0.2) is 10.6 Å². The van der Waals surface area contributed by atoms with Gasteiger partial charge in [0.25, 0.3) is 10.0 Å². The topological polar surface area (TPSA) is 96.8 Å². The molecule has 0 spiro atoms. The number of carbonyl (C=O) groups excluding carboxylic acids is 1. The fourth-order valence-electron chi connectivity index (χ4n) is 5.68. The van der Waals surface area contributed by atoms with Gasteiger partial charge in [-0.15, -0.1) is 11.3 Å². The van der Waals surface area contributed by atoms with Crippen LogP contribution in [-0.2, 0) is 32.4 Å². The highest BCUT2D eigenvalue weighted by molar-refractivity contribution is 7.92. The maximum Gasteiger partial charge on any atom is 0.339 e. The van der Waals surface area contributed by atoms with E-state index in [1.807, 2.05) is 66.7 Å². The summed E-state index contributed by atoms with van der Waals surface area (Å²) in [6, 6.07) is 26.6. The van der Waals surface area contributed by atoms with Gasteiger partial charge in [0.2, 0.25) is 0 Å². The zero-order valence-corrected chi connectivity index (χ0v) is 24.1. The number of esters is 1. The highest BCUT2D eigenvalue weighted by Crippen LogP contribution is 2.52. The number of hydrogen-bond acceptors (Lipinski definition) is 7. The van der Waals surface area contributed by atoms with Crippen LogP contribution < -0.4 is 4.31 Å². The lowest BCUT2D eigenvalue weighted by atomic mass is 9.81. The second-order valence-corrected chi connectivity index (χ2v) is 13.3. The van der Waals surface area contributed by atoms with Gasteiger partial charge < -0.3 is 9.84 Å². The van der Waals surface area contributed by atoms with E-state index in [1.165, 1.54) is 33.6 Å². The summed E-state index contributed by atoms with van der Waals surface area (Å²) in [6.07, 6.45) is 2.46. The van der Waals surface area contributed by atoms with Crippen LogP contribution in [0.25, 0.3) is 0 Å². The minimum Gasteiger partial charge on any atom is -0.507 e. The fourth-order valence-corrected chi connectivity index (χ4v) is 7.67. The molecular formula is C32H30N2O5S2. The molecular weight excluding hydrogens is 556 g/mol. The number of sulfonamides is 1. The monoisotopic (exact) mass is 586 g/mol. The smallest absolute Gasteiger partial charge is 0.339 e. The van der Waals surface area contributed by atoms with E-state index in [4.69, 9.17) is 4.74 Å². The normalized spacial score (nSPS) is 17.3. The zero-order valence-electron chi connectivity index (χ0n) is 22.5. The predicted octanol–water partition coefficient (Wildman–Crippen LogP) is 6.05. The fraction of sp³-hybridized carbons (Fsp3) is 0.250. The average Bonchev–Trinajstić information content (AvgIpc) is 3.59. The van der Waals surface area contributed by atoms with Crippen molar-refractivity contribution in [2.75, 3.05) is 11.4 Å². The van der Waals surface area contributed by atoms with Crippen molar-refractivity contribution in [3.8, 4) is 0 Å². The summed E-state index contributed by atoms with van der Waals surface area (Å²) in [6.45, 7) is 0. The molecule has 9 heteroatoms. The number of aliphatic hydroxyl groups excluding tert-OH is 1. The Balaban J connectivity index is 1.41. The number of anilines is 1. The average molecular weight is 587 g/mol. The molecule has 1 saturated carbocycles. The van der Waals surface area contributed by atoms with Gasteiger partial charge in [-0.3, -0.25) is 4.31 Å². The largest absolute Gasteiger partial charge is 0.507 e. The number of hydrogen-bond donors (Lipinski definition) is 1. The van der Waals surface area contributed by atoms with Crippen molar-refractivity contribution in [2.45, 2.75) is 42.2 Å². The molecule has 1 aliphatic heterocycles. The lowest BCUT2D eigenvalue weighted by molar-refractivity contribution is -0.148. The van der Waals surface area contributed by atoms with Crippen LogP contribution in [0.5, 0.6) is 0 Å². The summed E-state index contributed by atoms with van der Waals surface area (Å²) < 4.78 is 33.7. The third kappa shape index (κ3) is 5.27.